The predicted molar refractivity (Wildman–Crippen MR) is 54.1 cm³/mol. The Balaban J connectivity index is 2.55. The average molecular weight is 210 g/mol. The number of aromatic nitrogens is 3. The first-order chi connectivity index (χ1) is 6.81. The quantitative estimate of drug-likeness (QED) is 0.813. The fourth-order valence-corrected chi connectivity index (χ4v) is 1.29. The molecule has 0 atom stereocenters. The minimum atomic E-state index is -0.00615. The van der Waals surface area contributed by atoms with Crippen molar-refractivity contribution in [2.24, 2.45) is 0 Å². The molecule has 1 N–H and O–H groups in total. The molecule has 2 aromatic rings. The summed E-state index contributed by atoms with van der Waals surface area (Å²) in [6.07, 6.45) is 5.03. The van der Waals surface area contributed by atoms with Gasteiger partial charge in [0.15, 0.2) is 5.65 Å². The molecule has 72 valence electrons. The van der Waals surface area contributed by atoms with Crippen LogP contribution >= 0.6 is 11.6 Å². The van der Waals surface area contributed by atoms with Gasteiger partial charge in [0.2, 0.25) is 0 Å². The molecule has 0 radical (unpaired) electrons. The summed E-state index contributed by atoms with van der Waals surface area (Å²) in [7, 11) is 0. The van der Waals surface area contributed by atoms with E-state index in [4.69, 9.17) is 16.7 Å². The van der Waals surface area contributed by atoms with Crippen LogP contribution in [0.15, 0.2) is 24.4 Å². The van der Waals surface area contributed by atoms with Crippen molar-refractivity contribution in [3.05, 3.63) is 35.3 Å². The molecule has 0 spiro atoms. The molecule has 0 bridgehead atoms. The summed E-state index contributed by atoms with van der Waals surface area (Å²) in [5.41, 5.74) is 1.52. The minimum absolute atomic E-state index is 0.00615. The van der Waals surface area contributed by atoms with E-state index in [1.807, 2.05) is 0 Å². The Bertz CT molecular complexity index is 478. The number of fused-ring (bicyclic) bond motifs is 1. The first kappa shape index (κ1) is 9.18. The van der Waals surface area contributed by atoms with Crippen LogP contribution in [0.4, 0.5) is 0 Å². The molecule has 0 unspecified atom stereocenters. The molecule has 0 saturated heterocycles. The molecule has 0 fully saturated rings. The van der Waals surface area contributed by atoms with E-state index in [-0.39, 0.29) is 6.61 Å². The Morgan fingerprint density at radius 3 is 3.14 bits per heavy atom. The summed E-state index contributed by atoms with van der Waals surface area (Å²) in [6, 6.07) is 3.47. The normalized spacial score (nSPS) is 11.6. The largest absolute Gasteiger partial charge is 0.392 e. The zero-order valence-electron chi connectivity index (χ0n) is 7.26. The molecular formula is C9H8ClN3O. The van der Waals surface area contributed by atoms with Gasteiger partial charge < -0.3 is 5.11 Å². The predicted octanol–water partition coefficient (Wildman–Crippen LogP) is 1.39. The van der Waals surface area contributed by atoms with Crippen molar-refractivity contribution in [2.45, 2.75) is 0 Å². The third-order valence-electron chi connectivity index (χ3n) is 1.75. The monoisotopic (exact) mass is 209 g/mol. The summed E-state index contributed by atoms with van der Waals surface area (Å²) in [5.74, 6) is 0. The van der Waals surface area contributed by atoms with Crippen LogP contribution in [0.2, 0.25) is 5.15 Å². The molecular weight excluding hydrogens is 202 g/mol. The summed E-state index contributed by atoms with van der Waals surface area (Å²) < 4.78 is 1.62. The first-order valence-corrected chi connectivity index (χ1v) is 4.47. The van der Waals surface area contributed by atoms with Crippen molar-refractivity contribution in [1.82, 2.24) is 14.6 Å². The van der Waals surface area contributed by atoms with Crippen LogP contribution in [0, 0.1) is 0 Å². The van der Waals surface area contributed by atoms with Gasteiger partial charge in [0.05, 0.1) is 18.5 Å². The van der Waals surface area contributed by atoms with Gasteiger partial charge in [-0.3, -0.25) is 0 Å². The number of nitrogens with zero attached hydrogens (tertiary/aromatic N) is 3. The highest BCUT2D eigenvalue weighted by Crippen LogP contribution is 2.10. The standard InChI is InChI=1S/C9H8ClN3O/c10-8-3-4-9-11-6-7(2-1-5-14)13(9)12-8/h1-4,6,14H,5H2. The maximum Gasteiger partial charge on any atom is 0.154 e. The third-order valence-corrected chi connectivity index (χ3v) is 1.95. The van der Waals surface area contributed by atoms with E-state index in [9.17, 15) is 0 Å². The number of aliphatic hydroxyl groups excluding tert-OH is 1. The molecule has 4 nitrogen and oxygen atoms in total. The van der Waals surface area contributed by atoms with Crippen LogP contribution in [0.1, 0.15) is 5.69 Å². The van der Waals surface area contributed by atoms with Gasteiger partial charge in [-0.15, -0.1) is 0 Å². The highest BCUT2D eigenvalue weighted by Gasteiger charge is 2.01. The van der Waals surface area contributed by atoms with Gasteiger partial charge in [-0.05, 0) is 18.2 Å². The minimum Gasteiger partial charge on any atom is -0.392 e. The van der Waals surface area contributed by atoms with Gasteiger partial charge in [-0.1, -0.05) is 17.7 Å². The van der Waals surface area contributed by atoms with E-state index in [2.05, 4.69) is 10.1 Å². The van der Waals surface area contributed by atoms with Gasteiger partial charge >= 0.3 is 0 Å². The van der Waals surface area contributed by atoms with Crippen LogP contribution in [0.25, 0.3) is 11.7 Å². The molecule has 14 heavy (non-hydrogen) atoms. The molecule has 0 saturated carbocycles. The maximum atomic E-state index is 8.63. The molecule has 0 aliphatic carbocycles. The Kier molecular flexibility index (Phi) is 2.47. The molecule has 0 aliphatic heterocycles. The van der Waals surface area contributed by atoms with Gasteiger partial charge in [0.1, 0.15) is 5.15 Å². The topological polar surface area (TPSA) is 50.4 Å². The Labute approximate surface area is 85.5 Å². The Hall–Kier alpha value is -1.39. The smallest absolute Gasteiger partial charge is 0.154 e. The van der Waals surface area contributed by atoms with E-state index in [0.29, 0.717) is 5.15 Å². The van der Waals surface area contributed by atoms with Crippen molar-refractivity contribution < 1.29 is 5.11 Å². The molecule has 5 heteroatoms. The van der Waals surface area contributed by atoms with E-state index in [1.54, 1.807) is 35.0 Å². The van der Waals surface area contributed by atoms with E-state index in [1.165, 1.54) is 0 Å². The zero-order chi connectivity index (χ0) is 9.97. The second-order valence-electron chi connectivity index (χ2n) is 2.69. The van der Waals surface area contributed by atoms with Crippen molar-refractivity contribution in [3.8, 4) is 0 Å². The van der Waals surface area contributed by atoms with Crippen LogP contribution in [0.3, 0.4) is 0 Å². The number of hydrogen-bond donors (Lipinski definition) is 1. The van der Waals surface area contributed by atoms with Crippen molar-refractivity contribution >= 4 is 23.3 Å². The molecule has 2 heterocycles. The number of aliphatic hydroxyl groups is 1. The lowest BCUT2D eigenvalue weighted by atomic mass is 10.4. The molecule has 2 rings (SSSR count). The summed E-state index contributed by atoms with van der Waals surface area (Å²) in [5, 5.41) is 13.1. The maximum absolute atomic E-state index is 8.63. The van der Waals surface area contributed by atoms with Gasteiger partial charge in [0.25, 0.3) is 0 Å². The highest BCUT2D eigenvalue weighted by molar-refractivity contribution is 6.29. The second kappa shape index (κ2) is 3.77. The molecule has 0 aromatic carbocycles. The Morgan fingerprint density at radius 2 is 2.36 bits per heavy atom. The van der Waals surface area contributed by atoms with Crippen molar-refractivity contribution in [1.29, 1.82) is 0 Å². The summed E-state index contributed by atoms with van der Waals surface area (Å²) in [4.78, 5) is 4.12. The number of hydrogen-bond acceptors (Lipinski definition) is 3. The first-order valence-electron chi connectivity index (χ1n) is 4.09. The molecule has 0 aliphatic rings. The van der Waals surface area contributed by atoms with Gasteiger partial charge in [0, 0.05) is 0 Å². The van der Waals surface area contributed by atoms with Crippen LogP contribution < -0.4 is 0 Å². The van der Waals surface area contributed by atoms with Gasteiger partial charge in [-0.25, -0.2) is 9.50 Å². The molecule has 0 amide bonds. The third kappa shape index (κ3) is 1.62. The Morgan fingerprint density at radius 1 is 1.50 bits per heavy atom. The van der Waals surface area contributed by atoms with E-state index in [0.717, 1.165) is 11.3 Å². The molecule has 2 aromatic heterocycles. The van der Waals surface area contributed by atoms with Crippen molar-refractivity contribution in [3.63, 3.8) is 0 Å². The zero-order valence-corrected chi connectivity index (χ0v) is 8.02. The fraction of sp³-hybridized carbons (Fsp3) is 0.111. The van der Waals surface area contributed by atoms with Crippen LogP contribution in [-0.4, -0.2) is 26.3 Å². The number of halogens is 1. The second-order valence-corrected chi connectivity index (χ2v) is 3.08. The lowest BCUT2D eigenvalue weighted by Gasteiger charge is -1.95. The van der Waals surface area contributed by atoms with Crippen LogP contribution in [0.5, 0.6) is 0 Å². The lowest BCUT2D eigenvalue weighted by Crippen LogP contribution is -1.93. The number of rotatable bonds is 2. The summed E-state index contributed by atoms with van der Waals surface area (Å²) in [6.45, 7) is -0.00615. The van der Waals surface area contributed by atoms with E-state index >= 15 is 0 Å². The van der Waals surface area contributed by atoms with Crippen LogP contribution in [-0.2, 0) is 0 Å². The SMILES string of the molecule is OCC=Cc1cnc2ccc(Cl)nn12. The average Bonchev–Trinajstić information content (AvgIpc) is 2.57. The summed E-state index contributed by atoms with van der Waals surface area (Å²) >= 11 is 5.75. The number of imidazole rings is 1. The van der Waals surface area contributed by atoms with Gasteiger partial charge in [-0.2, -0.15) is 5.10 Å². The highest BCUT2D eigenvalue weighted by atomic mass is 35.5. The van der Waals surface area contributed by atoms with Crippen molar-refractivity contribution in [2.75, 3.05) is 6.61 Å². The fourth-order valence-electron chi connectivity index (χ4n) is 1.16. The van der Waals surface area contributed by atoms with E-state index < -0.39 is 0 Å². The lowest BCUT2D eigenvalue weighted by molar-refractivity contribution is 0.343.